The van der Waals surface area contributed by atoms with Crippen LogP contribution >= 0.6 is 11.6 Å². The van der Waals surface area contributed by atoms with Crippen LogP contribution in [-0.4, -0.2) is 63.4 Å². The minimum Gasteiger partial charge on any atom is -0.460 e. The normalized spacial score (nSPS) is 15.3. The van der Waals surface area contributed by atoms with Gasteiger partial charge in [0, 0.05) is 26.3 Å². The molecule has 0 radical (unpaired) electrons. The molecule has 33 heavy (non-hydrogen) atoms. The van der Waals surface area contributed by atoms with E-state index in [0.717, 1.165) is 11.1 Å². The molecule has 1 aromatic heterocycles. The molecule has 2 aromatic rings. The summed E-state index contributed by atoms with van der Waals surface area (Å²) >= 11 is 5.87. The quantitative estimate of drug-likeness (QED) is 0.237. The van der Waals surface area contributed by atoms with E-state index in [2.05, 4.69) is 4.98 Å². The maximum absolute atomic E-state index is 12.6. The van der Waals surface area contributed by atoms with Crippen molar-refractivity contribution in [3.8, 4) is 0 Å². The molecule has 0 unspecified atom stereocenters. The zero-order valence-corrected chi connectivity index (χ0v) is 19.7. The van der Waals surface area contributed by atoms with Gasteiger partial charge in [-0.3, -0.25) is 19.8 Å². The molecule has 0 amide bonds. The number of rotatable bonds is 9. The number of halogens is 1. The number of carbonyl (C=O) groups is 1. The van der Waals surface area contributed by atoms with Crippen LogP contribution < -0.4 is 0 Å². The van der Waals surface area contributed by atoms with E-state index >= 15 is 0 Å². The standard InChI is InChI=1S/C23H28ClN5O4/c1-4-27(13-19-10-11-21(24)25-12-19)22-20(29(31)32)14-28(16-26(22)3)17(2)23(30)33-15-18-8-6-5-7-9-18/h5-12,17H,4,13-16H2,1-3H3/t17-/m0/s1. The van der Waals surface area contributed by atoms with Gasteiger partial charge in [0.25, 0.3) is 5.70 Å². The summed E-state index contributed by atoms with van der Waals surface area (Å²) in [5.41, 5.74) is 1.82. The van der Waals surface area contributed by atoms with E-state index in [9.17, 15) is 14.9 Å². The highest BCUT2D eigenvalue weighted by Crippen LogP contribution is 2.25. The molecule has 9 nitrogen and oxygen atoms in total. The zero-order chi connectivity index (χ0) is 24.0. The van der Waals surface area contributed by atoms with Crippen LogP contribution in [0.4, 0.5) is 0 Å². The molecule has 0 fully saturated rings. The van der Waals surface area contributed by atoms with Crippen molar-refractivity contribution in [2.75, 3.05) is 26.8 Å². The first-order chi connectivity index (χ1) is 15.8. The number of pyridine rings is 1. The van der Waals surface area contributed by atoms with E-state index in [4.69, 9.17) is 16.3 Å². The molecule has 0 spiro atoms. The van der Waals surface area contributed by atoms with E-state index in [1.807, 2.05) is 48.2 Å². The van der Waals surface area contributed by atoms with Crippen molar-refractivity contribution in [3.63, 3.8) is 0 Å². The number of esters is 1. The van der Waals surface area contributed by atoms with E-state index in [1.54, 1.807) is 36.0 Å². The third-order valence-electron chi connectivity index (χ3n) is 5.54. The Morgan fingerprint density at radius 1 is 1.27 bits per heavy atom. The van der Waals surface area contributed by atoms with Gasteiger partial charge in [0.2, 0.25) is 0 Å². The molecule has 1 aliphatic rings. The molecular formula is C23H28ClN5O4. The molecule has 1 atom stereocenters. The highest BCUT2D eigenvalue weighted by molar-refractivity contribution is 6.29. The lowest BCUT2D eigenvalue weighted by Gasteiger charge is -2.40. The predicted octanol–water partition coefficient (Wildman–Crippen LogP) is 3.34. The second-order valence-corrected chi connectivity index (χ2v) is 8.27. The van der Waals surface area contributed by atoms with Gasteiger partial charge in [-0.1, -0.05) is 48.0 Å². The van der Waals surface area contributed by atoms with E-state index in [-0.39, 0.29) is 23.8 Å². The first-order valence-corrected chi connectivity index (χ1v) is 11.1. The maximum atomic E-state index is 12.6. The van der Waals surface area contributed by atoms with Crippen molar-refractivity contribution < 1.29 is 14.5 Å². The molecule has 2 heterocycles. The summed E-state index contributed by atoms with van der Waals surface area (Å²) in [5.74, 6) is 0.108. The van der Waals surface area contributed by atoms with Crippen LogP contribution in [0.5, 0.6) is 0 Å². The Balaban J connectivity index is 1.75. The molecular weight excluding hydrogens is 446 g/mol. The summed E-state index contributed by atoms with van der Waals surface area (Å²) in [6.45, 7) is 5.21. The molecule has 176 valence electrons. The summed E-state index contributed by atoms with van der Waals surface area (Å²) in [7, 11) is 1.79. The summed E-state index contributed by atoms with van der Waals surface area (Å²) < 4.78 is 5.44. The van der Waals surface area contributed by atoms with Gasteiger partial charge in [-0.2, -0.15) is 0 Å². The fourth-order valence-corrected chi connectivity index (χ4v) is 3.86. The SMILES string of the molecule is CCN(Cc1ccc(Cl)nc1)C1=C([N+](=O)[O-])CN([C@@H](C)C(=O)OCc2ccccc2)CN1C. The lowest BCUT2D eigenvalue weighted by molar-refractivity contribution is -0.434. The van der Waals surface area contributed by atoms with Gasteiger partial charge < -0.3 is 14.5 Å². The smallest absolute Gasteiger partial charge is 0.323 e. The van der Waals surface area contributed by atoms with Crippen LogP contribution in [-0.2, 0) is 22.7 Å². The van der Waals surface area contributed by atoms with Gasteiger partial charge in [-0.05, 0) is 31.0 Å². The number of ether oxygens (including phenoxy) is 1. The van der Waals surface area contributed by atoms with Crippen LogP contribution in [0, 0.1) is 10.1 Å². The topological polar surface area (TPSA) is 92.0 Å². The predicted molar refractivity (Wildman–Crippen MR) is 124 cm³/mol. The van der Waals surface area contributed by atoms with E-state index < -0.39 is 12.0 Å². The number of hydrogen-bond acceptors (Lipinski definition) is 8. The Morgan fingerprint density at radius 3 is 2.61 bits per heavy atom. The molecule has 3 rings (SSSR count). The first-order valence-electron chi connectivity index (χ1n) is 10.7. The average molecular weight is 474 g/mol. The largest absolute Gasteiger partial charge is 0.460 e. The first kappa shape index (κ1) is 24.5. The second-order valence-electron chi connectivity index (χ2n) is 7.89. The van der Waals surface area contributed by atoms with Gasteiger partial charge in [-0.15, -0.1) is 0 Å². The van der Waals surface area contributed by atoms with Gasteiger partial charge in [0.1, 0.15) is 17.8 Å². The molecule has 1 aromatic carbocycles. The van der Waals surface area contributed by atoms with Crippen molar-refractivity contribution in [1.29, 1.82) is 0 Å². The van der Waals surface area contributed by atoms with Crippen molar-refractivity contribution in [3.05, 3.63) is 86.6 Å². The van der Waals surface area contributed by atoms with Crippen LogP contribution in [0.2, 0.25) is 5.15 Å². The number of hydrogen-bond donors (Lipinski definition) is 0. The van der Waals surface area contributed by atoms with Crippen LogP contribution in [0.15, 0.2) is 60.2 Å². The van der Waals surface area contributed by atoms with Crippen molar-refractivity contribution in [1.82, 2.24) is 19.7 Å². The van der Waals surface area contributed by atoms with Gasteiger partial charge in [-0.25, -0.2) is 4.98 Å². The molecule has 0 saturated carbocycles. The van der Waals surface area contributed by atoms with Crippen molar-refractivity contribution in [2.45, 2.75) is 33.0 Å². The Hall–Kier alpha value is -3.17. The number of nitrogens with zero attached hydrogens (tertiary/aromatic N) is 5. The summed E-state index contributed by atoms with van der Waals surface area (Å²) in [6.07, 6.45) is 1.66. The zero-order valence-electron chi connectivity index (χ0n) is 19.0. The number of nitro groups is 1. The minimum absolute atomic E-state index is 0.0314. The fourth-order valence-electron chi connectivity index (χ4n) is 3.75. The Bertz CT molecular complexity index is 1000. The van der Waals surface area contributed by atoms with Crippen LogP contribution in [0.1, 0.15) is 25.0 Å². The molecule has 0 N–H and O–H groups in total. The summed E-state index contributed by atoms with van der Waals surface area (Å²) in [4.78, 5) is 33.8. The van der Waals surface area contributed by atoms with Gasteiger partial charge in [0.15, 0.2) is 5.82 Å². The van der Waals surface area contributed by atoms with Crippen LogP contribution in [0.3, 0.4) is 0 Å². The van der Waals surface area contributed by atoms with Crippen molar-refractivity contribution >= 4 is 17.6 Å². The molecule has 0 saturated heterocycles. The Labute approximate surface area is 198 Å². The lowest BCUT2D eigenvalue weighted by Crippen LogP contribution is -2.53. The Morgan fingerprint density at radius 2 is 2.00 bits per heavy atom. The van der Waals surface area contributed by atoms with Crippen LogP contribution in [0.25, 0.3) is 0 Å². The maximum Gasteiger partial charge on any atom is 0.323 e. The van der Waals surface area contributed by atoms with Gasteiger partial charge in [0.05, 0.1) is 18.1 Å². The third-order valence-corrected chi connectivity index (χ3v) is 5.77. The highest BCUT2D eigenvalue weighted by Gasteiger charge is 2.37. The third kappa shape index (κ3) is 6.21. The van der Waals surface area contributed by atoms with Gasteiger partial charge >= 0.3 is 5.97 Å². The summed E-state index contributed by atoms with van der Waals surface area (Å²) in [5, 5.41) is 12.4. The average Bonchev–Trinajstić information content (AvgIpc) is 2.82. The molecule has 0 aliphatic carbocycles. The van der Waals surface area contributed by atoms with Crippen molar-refractivity contribution in [2.24, 2.45) is 0 Å². The molecule has 0 bridgehead atoms. The van der Waals surface area contributed by atoms with E-state index in [1.165, 1.54) is 0 Å². The monoisotopic (exact) mass is 473 g/mol. The minimum atomic E-state index is -0.636. The highest BCUT2D eigenvalue weighted by atomic mass is 35.5. The molecule has 10 heteroatoms. The Kier molecular flexibility index (Phi) is 8.24. The van der Waals surface area contributed by atoms with E-state index in [0.29, 0.717) is 30.7 Å². The number of aromatic nitrogens is 1. The number of carbonyl (C=O) groups excluding carboxylic acids is 1. The fraction of sp³-hybridized carbons (Fsp3) is 0.391. The molecule has 1 aliphatic heterocycles. The second kappa shape index (κ2) is 11.1. The lowest BCUT2D eigenvalue weighted by atomic mass is 10.2. The number of benzene rings is 1. The summed E-state index contributed by atoms with van der Waals surface area (Å²) in [6, 6.07) is 12.3.